The number of amides is 1. The fraction of sp³-hybridized carbons (Fsp3) is 0.400. The number of ether oxygens (including phenoxy) is 1. The van der Waals surface area contributed by atoms with Crippen LogP contribution >= 0.6 is 0 Å². The Labute approximate surface area is 149 Å². The summed E-state index contributed by atoms with van der Waals surface area (Å²) >= 11 is 0. The molecular weight excluding hydrogens is 316 g/mol. The Kier molecular flexibility index (Phi) is 7.26. The van der Waals surface area contributed by atoms with Crippen LogP contribution in [0.25, 0.3) is 5.69 Å². The average Bonchev–Trinajstić information content (AvgIpc) is 3.16. The third kappa shape index (κ3) is 5.48. The number of aromatic nitrogens is 1. The SMILES string of the molecule is CCCCN(CCC(=O)OCC)C(=O)c1ccc(-n2cccc2)cc1. The second-order valence-electron chi connectivity index (χ2n) is 5.84. The summed E-state index contributed by atoms with van der Waals surface area (Å²) in [5, 5.41) is 0. The smallest absolute Gasteiger partial charge is 0.307 e. The summed E-state index contributed by atoms with van der Waals surface area (Å²) in [7, 11) is 0. The Balaban J connectivity index is 2.05. The molecule has 1 aromatic carbocycles. The maximum absolute atomic E-state index is 12.8. The van der Waals surface area contributed by atoms with Crippen LogP contribution in [0.2, 0.25) is 0 Å². The van der Waals surface area contributed by atoms with Gasteiger partial charge in [-0.3, -0.25) is 9.59 Å². The van der Waals surface area contributed by atoms with Crippen LogP contribution in [0, 0.1) is 0 Å². The van der Waals surface area contributed by atoms with E-state index in [0.717, 1.165) is 18.5 Å². The van der Waals surface area contributed by atoms with Crippen molar-refractivity contribution in [1.82, 2.24) is 9.47 Å². The Bertz CT molecular complexity index is 663. The summed E-state index contributed by atoms with van der Waals surface area (Å²) in [6.07, 6.45) is 6.06. The van der Waals surface area contributed by atoms with Gasteiger partial charge < -0.3 is 14.2 Å². The molecule has 0 radical (unpaired) electrons. The minimum absolute atomic E-state index is 0.0446. The number of rotatable bonds is 9. The molecular formula is C20H26N2O3. The van der Waals surface area contributed by atoms with Crippen molar-refractivity contribution in [2.75, 3.05) is 19.7 Å². The molecule has 134 valence electrons. The van der Waals surface area contributed by atoms with E-state index in [1.807, 2.05) is 53.4 Å². The molecule has 0 aliphatic heterocycles. The van der Waals surface area contributed by atoms with Gasteiger partial charge in [-0.15, -0.1) is 0 Å². The quantitative estimate of drug-likeness (QED) is 0.653. The molecule has 0 saturated heterocycles. The topological polar surface area (TPSA) is 51.5 Å². The number of benzene rings is 1. The Morgan fingerprint density at radius 3 is 2.32 bits per heavy atom. The van der Waals surface area contributed by atoms with E-state index in [0.29, 0.717) is 25.3 Å². The predicted octanol–water partition coefficient (Wildman–Crippen LogP) is 3.67. The highest BCUT2D eigenvalue weighted by Crippen LogP contribution is 2.13. The summed E-state index contributed by atoms with van der Waals surface area (Å²) in [4.78, 5) is 26.1. The van der Waals surface area contributed by atoms with Crippen LogP contribution in [0.15, 0.2) is 48.8 Å². The molecule has 0 spiro atoms. The Morgan fingerprint density at radius 1 is 1.04 bits per heavy atom. The van der Waals surface area contributed by atoms with E-state index in [4.69, 9.17) is 4.74 Å². The number of unbranched alkanes of at least 4 members (excludes halogenated alkanes) is 1. The molecule has 0 saturated carbocycles. The van der Waals surface area contributed by atoms with Crippen molar-refractivity contribution in [2.24, 2.45) is 0 Å². The van der Waals surface area contributed by atoms with Gasteiger partial charge in [0.2, 0.25) is 0 Å². The highest BCUT2D eigenvalue weighted by atomic mass is 16.5. The van der Waals surface area contributed by atoms with Gasteiger partial charge in [0.1, 0.15) is 0 Å². The third-order valence-corrected chi connectivity index (χ3v) is 3.98. The summed E-state index contributed by atoms with van der Waals surface area (Å²) in [6.45, 7) is 5.26. The third-order valence-electron chi connectivity index (χ3n) is 3.98. The lowest BCUT2D eigenvalue weighted by atomic mass is 10.1. The zero-order valence-corrected chi connectivity index (χ0v) is 15.0. The second-order valence-corrected chi connectivity index (χ2v) is 5.84. The largest absolute Gasteiger partial charge is 0.466 e. The van der Waals surface area contributed by atoms with Crippen LogP contribution in [0.3, 0.4) is 0 Å². The van der Waals surface area contributed by atoms with Gasteiger partial charge in [-0.2, -0.15) is 0 Å². The normalized spacial score (nSPS) is 10.5. The molecule has 1 aromatic heterocycles. The Hall–Kier alpha value is -2.56. The highest BCUT2D eigenvalue weighted by molar-refractivity contribution is 5.94. The molecule has 5 heteroatoms. The summed E-state index contributed by atoms with van der Waals surface area (Å²) in [6, 6.07) is 11.4. The molecule has 25 heavy (non-hydrogen) atoms. The number of esters is 1. The molecule has 0 aliphatic carbocycles. The highest BCUT2D eigenvalue weighted by Gasteiger charge is 2.17. The average molecular weight is 342 g/mol. The first kappa shape index (κ1) is 18.8. The lowest BCUT2D eigenvalue weighted by Gasteiger charge is -2.22. The monoisotopic (exact) mass is 342 g/mol. The lowest BCUT2D eigenvalue weighted by molar-refractivity contribution is -0.143. The van der Waals surface area contributed by atoms with E-state index in [9.17, 15) is 9.59 Å². The first-order chi connectivity index (χ1) is 12.2. The minimum Gasteiger partial charge on any atom is -0.466 e. The van der Waals surface area contributed by atoms with E-state index >= 15 is 0 Å². The van der Waals surface area contributed by atoms with Crippen molar-refractivity contribution in [1.29, 1.82) is 0 Å². The van der Waals surface area contributed by atoms with Crippen LogP contribution in [0.5, 0.6) is 0 Å². The van der Waals surface area contributed by atoms with Crippen LogP contribution in [-0.2, 0) is 9.53 Å². The van der Waals surface area contributed by atoms with E-state index in [1.165, 1.54) is 0 Å². The van der Waals surface area contributed by atoms with Crippen LogP contribution in [0.4, 0.5) is 0 Å². The molecule has 0 unspecified atom stereocenters. The van der Waals surface area contributed by atoms with Crippen LogP contribution < -0.4 is 0 Å². The lowest BCUT2D eigenvalue weighted by Crippen LogP contribution is -2.34. The van der Waals surface area contributed by atoms with Gasteiger partial charge in [-0.25, -0.2) is 0 Å². The zero-order valence-electron chi connectivity index (χ0n) is 15.0. The fourth-order valence-electron chi connectivity index (χ4n) is 2.59. The van der Waals surface area contributed by atoms with Gasteiger partial charge in [0, 0.05) is 36.7 Å². The summed E-state index contributed by atoms with van der Waals surface area (Å²) in [5.41, 5.74) is 1.64. The van der Waals surface area contributed by atoms with E-state index in [2.05, 4.69) is 6.92 Å². The number of carbonyl (C=O) groups is 2. The molecule has 0 aliphatic rings. The van der Waals surface area contributed by atoms with Gasteiger partial charge in [0.15, 0.2) is 0 Å². The van der Waals surface area contributed by atoms with Gasteiger partial charge in [0.05, 0.1) is 13.0 Å². The predicted molar refractivity (Wildman–Crippen MR) is 97.8 cm³/mol. The van der Waals surface area contributed by atoms with Crippen molar-refractivity contribution in [3.8, 4) is 5.69 Å². The van der Waals surface area contributed by atoms with Crippen molar-refractivity contribution >= 4 is 11.9 Å². The first-order valence-electron chi connectivity index (χ1n) is 8.84. The van der Waals surface area contributed by atoms with Crippen molar-refractivity contribution < 1.29 is 14.3 Å². The molecule has 5 nitrogen and oxygen atoms in total. The van der Waals surface area contributed by atoms with Gasteiger partial charge in [0.25, 0.3) is 5.91 Å². The molecule has 2 aromatic rings. The molecule has 1 heterocycles. The van der Waals surface area contributed by atoms with E-state index in [-0.39, 0.29) is 18.3 Å². The summed E-state index contributed by atoms with van der Waals surface area (Å²) in [5.74, 6) is -0.309. The zero-order chi connectivity index (χ0) is 18.1. The molecule has 0 fully saturated rings. The van der Waals surface area contributed by atoms with Crippen LogP contribution in [0.1, 0.15) is 43.5 Å². The first-order valence-corrected chi connectivity index (χ1v) is 8.84. The number of hydrogen-bond donors (Lipinski definition) is 0. The molecule has 0 N–H and O–H groups in total. The van der Waals surface area contributed by atoms with E-state index < -0.39 is 0 Å². The van der Waals surface area contributed by atoms with Gasteiger partial charge in [-0.1, -0.05) is 13.3 Å². The number of nitrogens with zero attached hydrogens (tertiary/aromatic N) is 2. The van der Waals surface area contributed by atoms with Crippen molar-refractivity contribution in [3.63, 3.8) is 0 Å². The van der Waals surface area contributed by atoms with Crippen molar-refractivity contribution in [2.45, 2.75) is 33.1 Å². The van der Waals surface area contributed by atoms with Crippen molar-refractivity contribution in [3.05, 3.63) is 54.4 Å². The van der Waals surface area contributed by atoms with Gasteiger partial charge in [-0.05, 0) is 49.7 Å². The summed E-state index contributed by atoms with van der Waals surface area (Å²) < 4.78 is 6.95. The molecule has 1 amide bonds. The maximum Gasteiger partial charge on any atom is 0.307 e. The Morgan fingerprint density at radius 2 is 1.72 bits per heavy atom. The fourth-order valence-corrected chi connectivity index (χ4v) is 2.59. The van der Waals surface area contributed by atoms with Crippen LogP contribution in [-0.4, -0.2) is 41.0 Å². The molecule has 0 atom stereocenters. The van der Waals surface area contributed by atoms with E-state index in [1.54, 1.807) is 11.8 Å². The maximum atomic E-state index is 12.8. The number of hydrogen-bond acceptors (Lipinski definition) is 3. The molecule has 2 rings (SSSR count). The standard InChI is InChI=1S/C20H26N2O3/c1-3-5-13-22(16-12-19(23)25-4-2)20(24)17-8-10-18(11-9-17)21-14-6-7-15-21/h6-11,14-15H,3-5,12-13,16H2,1-2H3. The van der Waals surface area contributed by atoms with Gasteiger partial charge >= 0.3 is 5.97 Å². The second kappa shape index (κ2) is 9.67. The number of carbonyl (C=O) groups excluding carboxylic acids is 2. The molecule has 0 bridgehead atoms. The minimum atomic E-state index is -0.264.